The van der Waals surface area contributed by atoms with Crippen LogP contribution in [0, 0.1) is 19.8 Å². The minimum atomic E-state index is 0.564. The zero-order chi connectivity index (χ0) is 13.3. The molecule has 1 heterocycles. The fourth-order valence-corrected chi connectivity index (χ4v) is 2.31. The molecule has 0 radical (unpaired) electrons. The van der Waals surface area contributed by atoms with E-state index in [-0.39, 0.29) is 0 Å². The highest BCUT2D eigenvalue weighted by Gasteiger charge is 2.15. The number of nitrogens with two attached hydrogens (primary N) is 1. The maximum Gasteiger partial charge on any atom is 0.149 e. The van der Waals surface area contributed by atoms with Gasteiger partial charge in [-0.05, 0) is 31.7 Å². The Morgan fingerprint density at radius 3 is 2.61 bits per heavy atom. The van der Waals surface area contributed by atoms with Gasteiger partial charge >= 0.3 is 0 Å². The van der Waals surface area contributed by atoms with Crippen molar-refractivity contribution in [3.8, 4) is 11.3 Å². The molecule has 0 bridgehead atoms. The van der Waals surface area contributed by atoms with E-state index in [4.69, 9.17) is 5.73 Å². The van der Waals surface area contributed by atoms with E-state index in [0.29, 0.717) is 11.7 Å². The summed E-state index contributed by atoms with van der Waals surface area (Å²) < 4.78 is 0. The number of aromatic amines is 1. The molecule has 0 saturated heterocycles. The zero-order valence-electron chi connectivity index (χ0n) is 11.5. The van der Waals surface area contributed by atoms with Gasteiger partial charge in [0.2, 0.25) is 0 Å². The van der Waals surface area contributed by atoms with Crippen molar-refractivity contribution in [2.45, 2.75) is 34.1 Å². The molecule has 0 spiro atoms. The van der Waals surface area contributed by atoms with Gasteiger partial charge in [-0.1, -0.05) is 37.6 Å². The second-order valence-electron chi connectivity index (χ2n) is 5.38. The molecule has 0 fully saturated rings. The number of aromatic nitrogens is 2. The Balaban J connectivity index is 2.50. The van der Waals surface area contributed by atoms with E-state index >= 15 is 0 Å². The monoisotopic (exact) mass is 243 g/mol. The lowest BCUT2D eigenvalue weighted by Crippen LogP contribution is -1.99. The Morgan fingerprint density at radius 1 is 1.28 bits per heavy atom. The minimum Gasteiger partial charge on any atom is -0.382 e. The normalized spacial score (nSPS) is 11.2. The first-order chi connectivity index (χ1) is 8.49. The molecule has 0 aliphatic heterocycles. The van der Waals surface area contributed by atoms with Gasteiger partial charge in [0.05, 0.1) is 5.69 Å². The number of hydrogen-bond donors (Lipinski definition) is 2. The molecule has 0 unspecified atom stereocenters. The summed E-state index contributed by atoms with van der Waals surface area (Å²) in [6.07, 6.45) is 0.949. The third-order valence-corrected chi connectivity index (χ3v) is 3.16. The van der Waals surface area contributed by atoms with Crippen LogP contribution in [0.1, 0.15) is 30.5 Å². The standard InChI is InChI=1S/C15H21N3/c1-9(2)7-13-14(17-18-15(13)16)12-6-5-10(3)8-11(12)4/h5-6,8-9H,7H2,1-4H3,(H3,16,17,18). The Kier molecular flexibility index (Phi) is 3.41. The highest BCUT2D eigenvalue weighted by molar-refractivity contribution is 5.71. The summed E-state index contributed by atoms with van der Waals surface area (Å²) in [5, 5.41) is 7.24. The Labute approximate surface area is 108 Å². The highest BCUT2D eigenvalue weighted by atomic mass is 15.2. The van der Waals surface area contributed by atoms with Crippen LogP contribution >= 0.6 is 0 Å². The van der Waals surface area contributed by atoms with E-state index in [2.05, 4.69) is 56.1 Å². The first kappa shape index (κ1) is 12.7. The molecule has 2 aromatic rings. The van der Waals surface area contributed by atoms with Gasteiger partial charge in [0, 0.05) is 11.1 Å². The quantitative estimate of drug-likeness (QED) is 0.867. The lowest BCUT2D eigenvalue weighted by Gasteiger charge is -2.09. The smallest absolute Gasteiger partial charge is 0.149 e. The van der Waals surface area contributed by atoms with Gasteiger partial charge in [-0.15, -0.1) is 0 Å². The van der Waals surface area contributed by atoms with Gasteiger partial charge in [0.15, 0.2) is 0 Å². The first-order valence-electron chi connectivity index (χ1n) is 6.39. The number of nitrogen functional groups attached to an aromatic ring is 1. The number of hydrogen-bond acceptors (Lipinski definition) is 2. The third-order valence-electron chi connectivity index (χ3n) is 3.16. The van der Waals surface area contributed by atoms with Crippen molar-refractivity contribution in [2.24, 2.45) is 5.92 Å². The number of benzene rings is 1. The number of nitrogens with one attached hydrogen (secondary N) is 1. The number of rotatable bonds is 3. The molecule has 0 saturated carbocycles. The van der Waals surface area contributed by atoms with Crippen LogP contribution in [0.25, 0.3) is 11.3 Å². The molecule has 3 nitrogen and oxygen atoms in total. The van der Waals surface area contributed by atoms with Crippen LogP contribution in [0.4, 0.5) is 5.82 Å². The summed E-state index contributed by atoms with van der Waals surface area (Å²) >= 11 is 0. The maximum absolute atomic E-state index is 5.96. The van der Waals surface area contributed by atoms with Gasteiger partial charge in [0.1, 0.15) is 5.82 Å². The molecule has 0 aliphatic carbocycles. The van der Waals surface area contributed by atoms with Crippen molar-refractivity contribution >= 4 is 5.82 Å². The average molecular weight is 243 g/mol. The van der Waals surface area contributed by atoms with Gasteiger partial charge in [-0.25, -0.2) is 0 Å². The summed E-state index contributed by atoms with van der Waals surface area (Å²) in [5.74, 6) is 1.19. The molecule has 0 amide bonds. The van der Waals surface area contributed by atoms with Crippen molar-refractivity contribution in [2.75, 3.05) is 5.73 Å². The summed E-state index contributed by atoms with van der Waals surface area (Å²) in [5.41, 5.74) is 11.9. The summed E-state index contributed by atoms with van der Waals surface area (Å²) in [4.78, 5) is 0. The second kappa shape index (κ2) is 4.84. The van der Waals surface area contributed by atoms with Crippen LogP contribution in [0.2, 0.25) is 0 Å². The van der Waals surface area contributed by atoms with Gasteiger partial charge in [-0.3, -0.25) is 5.10 Å². The lowest BCUT2D eigenvalue weighted by atomic mass is 9.96. The molecule has 3 N–H and O–H groups in total. The number of aryl methyl sites for hydroxylation is 2. The Hall–Kier alpha value is -1.77. The van der Waals surface area contributed by atoms with Crippen LogP contribution in [-0.4, -0.2) is 10.2 Å². The van der Waals surface area contributed by atoms with Crippen molar-refractivity contribution < 1.29 is 0 Å². The maximum atomic E-state index is 5.96. The lowest BCUT2D eigenvalue weighted by molar-refractivity contribution is 0.649. The van der Waals surface area contributed by atoms with Gasteiger partial charge < -0.3 is 5.73 Å². The fraction of sp³-hybridized carbons (Fsp3) is 0.400. The molecule has 0 atom stereocenters. The molecule has 2 rings (SSSR count). The Morgan fingerprint density at radius 2 is 2.00 bits per heavy atom. The second-order valence-corrected chi connectivity index (χ2v) is 5.38. The van der Waals surface area contributed by atoms with E-state index in [1.807, 2.05) is 0 Å². The van der Waals surface area contributed by atoms with Crippen LogP contribution in [0.3, 0.4) is 0 Å². The number of H-pyrrole nitrogens is 1. The molecule has 1 aromatic heterocycles. The van der Waals surface area contributed by atoms with Crippen LogP contribution in [0.5, 0.6) is 0 Å². The Bertz CT molecular complexity index is 553. The predicted molar refractivity (Wildman–Crippen MR) is 76.5 cm³/mol. The van der Waals surface area contributed by atoms with E-state index in [1.165, 1.54) is 16.7 Å². The first-order valence-corrected chi connectivity index (χ1v) is 6.39. The average Bonchev–Trinajstić information content (AvgIpc) is 2.60. The molecule has 0 aliphatic rings. The number of nitrogens with zero attached hydrogens (tertiary/aromatic N) is 1. The van der Waals surface area contributed by atoms with E-state index in [0.717, 1.165) is 17.7 Å². The van der Waals surface area contributed by atoms with Crippen LogP contribution < -0.4 is 5.73 Å². The molecule has 1 aromatic carbocycles. The summed E-state index contributed by atoms with van der Waals surface area (Å²) in [7, 11) is 0. The van der Waals surface area contributed by atoms with E-state index in [9.17, 15) is 0 Å². The predicted octanol–water partition coefficient (Wildman–Crippen LogP) is 3.47. The van der Waals surface area contributed by atoms with Crippen molar-refractivity contribution in [1.82, 2.24) is 10.2 Å². The van der Waals surface area contributed by atoms with Crippen LogP contribution in [0.15, 0.2) is 18.2 Å². The van der Waals surface area contributed by atoms with Crippen molar-refractivity contribution in [3.05, 3.63) is 34.9 Å². The molecular formula is C15H21N3. The summed E-state index contributed by atoms with van der Waals surface area (Å²) in [6, 6.07) is 6.45. The van der Waals surface area contributed by atoms with E-state index in [1.54, 1.807) is 0 Å². The fourth-order valence-electron chi connectivity index (χ4n) is 2.31. The topological polar surface area (TPSA) is 54.7 Å². The van der Waals surface area contributed by atoms with Crippen molar-refractivity contribution in [1.29, 1.82) is 0 Å². The van der Waals surface area contributed by atoms with Gasteiger partial charge in [0.25, 0.3) is 0 Å². The summed E-state index contributed by atoms with van der Waals surface area (Å²) in [6.45, 7) is 8.61. The largest absolute Gasteiger partial charge is 0.382 e. The van der Waals surface area contributed by atoms with Crippen LogP contribution in [-0.2, 0) is 6.42 Å². The minimum absolute atomic E-state index is 0.564. The third kappa shape index (κ3) is 2.40. The SMILES string of the molecule is Cc1ccc(-c2[nH]nc(N)c2CC(C)C)c(C)c1. The highest BCUT2D eigenvalue weighted by Crippen LogP contribution is 2.30. The molecular weight excluding hydrogens is 222 g/mol. The molecule has 3 heteroatoms. The molecule has 18 heavy (non-hydrogen) atoms. The van der Waals surface area contributed by atoms with Crippen molar-refractivity contribution in [3.63, 3.8) is 0 Å². The van der Waals surface area contributed by atoms with Gasteiger partial charge in [-0.2, -0.15) is 5.10 Å². The molecule has 96 valence electrons. The number of anilines is 1. The zero-order valence-corrected chi connectivity index (χ0v) is 11.5. The van der Waals surface area contributed by atoms with E-state index < -0.39 is 0 Å².